The normalized spacial score (nSPS) is 20.4. The van der Waals surface area contributed by atoms with Crippen LogP contribution in [0.4, 0.5) is 10.1 Å². The molecule has 67 heavy (non-hydrogen) atoms. The van der Waals surface area contributed by atoms with Gasteiger partial charge in [0.25, 0.3) is 0 Å². The number of piperidine rings is 4. The van der Waals surface area contributed by atoms with Crippen LogP contribution in [0.5, 0.6) is 0 Å². The van der Waals surface area contributed by atoms with E-state index in [0.29, 0.717) is 78.8 Å². The number of halogens is 2. The van der Waals surface area contributed by atoms with E-state index in [-0.39, 0.29) is 57.2 Å². The van der Waals surface area contributed by atoms with Crippen molar-refractivity contribution in [3.63, 3.8) is 0 Å². The minimum atomic E-state index is -0.570. The molecule has 0 radical (unpaired) electrons. The van der Waals surface area contributed by atoms with Gasteiger partial charge in [-0.1, -0.05) is 6.07 Å². The van der Waals surface area contributed by atoms with Crippen molar-refractivity contribution >= 4 is 34.5 Å². The van der Waals surface area contributed by atoms with E-state index < -0.39 is 11.9 Å². The van der Waals surface area contributed by atoms with Crippen LogP contribution in [0.1, 0.15) is 85.8 Å². The number of aromatic nitrogens is 6. The van der Waals surface area contributed by atoms with Crippen molar-refractivity contribution < 1.29 is 40.0 Å². The molecule has 5 aromatic rings. The van der Waals surface area contributed by atoms with Crippen LogP contribution >= 0.6 is 0 Å². The Bertz CT molecular complexity index is 2790. The number of fused-ring (bicyclic) bond motifs is 1. The molecule has 4 saturated heterocycles. The van der Waals surface area contributed by atoms with Crippen LogP contribution in [0.3, 0.4) is 0 Å². The van der Waals surface area contributed by atoms with E-state index in [2.05, 4.69) is 71.0 Å². The number of imide groups is 1. The van der Waals surface area contributed by atoms with E-state index in [9.17, 15) is 19.6 Å². The minimum absolute atomic E-state index is 0.0453. The number of pyridine rings is 1. The third kappa shape index (κ3) is 10.1. The molecular weight excluding hydrogens is 963 g/mol. The maximum atomic E-state index is 15.3. The van der Waals surface area contributed by atoms with Crippen LogP contribution in [0, 0.1) is 23.1 Å². The SMILES string of the molecule is N#Cc1cnn2cc(-c3cnn(C4CCN(C(=O)CN5CCC(c6ccc(NC7CCC(=O)NC7=O)cc6F)CC5)CC4)c3)nc(C3=CC=C(N4CCC(Cc5ccccn5)CC4)[I-]C=C3)c12. The third-order valence-corrected chi connectivity index (χ3v) is 16.3. The molecule has 4 aromatic heterocycles. The van der Waals surface area contributed by atoms with Gasteiger partial charge >= 0.3 is 252 Å². The zero-order chi connectivity index (χ0) is 45.9. The van der Waals surface area contributed by atoms with Gasteiger partial charge in [-0.2, -0.15) is 0 Å². The number of rotatable bonds is 11. The summed E-state index contributed by atoms with van der Waals surface area (Å²) in [6.45, 7) is 5.11. The molecule has 346 valence electrons. The molecule has 0 saturated carbocycles. The zero-order valence-electron chi connectivity index (χ0n) is 37.2. The van der Waals surface area contributed by atoms with E-state index in [0.717, 1.165) is 69.2 Å². The number of anilines is 1. The Labute approximate surface area is 399 Å². The van der Waals surface area contributed by atoms with E-state index in [1.54, 1.807) is 22.8 Å². The molecule has 5 aliphatic heterocycles. The molecule has 15 nitrogen and oxygen atoms in total. The van der Waals surface area contributed by atoms with Crippen LogP contribution in [-0.4, -0.2) is 114 Å². The number of likely N-dealkylation sites (tertiary alicyclic amines) is 3. The van der Waals surface area contributed by atoms with Gasteiger partial charge in [-0.25, -0.2) is 4.39 Å². The van der Waals surface area contributed by atoms with E-state index in [1.807, 2.05) is 40.4 Å². The third-order valence-electron chi connectivity index (χ3n) is 13.9. The molecule has 0 aliphatic carbocycles. The number of hydrogen-bond acceptors (Lipinski definition) is 11. The summed E-state index contributed by atoms with van der Waals surface area (Å²) in [7, 11) is 0. The first kappa shape index (κ1) is 44.6. The Morgan fingerprint density at radius 1 is 0.940 bits per heavy atom. The number of nitrogens with one attached hydrogen (secondary N) is 2. The van der Waals surface area contributed by atoms with Gasteiger partial charge in [-0.3, -0.25) is 24.6 Å². The topological polar surface area (TPSA) is 170 Å². The number of nitriles is 1. The quantitative estimate of drug-likeness (QED) is 0.113. The van der Waals surface area contributed by atoms with Crippen molar-refractivity contribution in [2.24, 2.45) is 5.92 Å². The first-order valence-corrected chi connectivity index (χ1v) is 25.7. The number of nitrogens with zero attached hydrogens (tertiary/aromatic N) is 10. The predicted molar refractivity (Wildman–Crippen MR) is 246 cm³/mol. The predicted octanol–water partition coefficient (Wildman–Crippen LogP) is 3.05. The second-order valence-corrected chi connectivity index (χ2v) is 20.6. The van der Waals surface area contributed by atoms with Gasteiger partial charge in [0.15, 0.2) is 0 Å². The van der Waals surface area contributed by atoms with Gasteiger partial charge in [0, 0.05) is 12.1 Å². The monoisotopic (exact) mass is 1020 g/mol. The number of carbonyl (C=O) groups excluding carboxylic acids is 3. The van der Waals surface area contributed by atoms with Gasteiger partial charge in [0.1, 0.15) is 11.9 Å². The molecule has 1 unspecified atom stereocenters. The molecule has 17 heteroatoms. The first-order chi connectivity index (χ1) is 32.7. The Hall–Kier alpha value is -6.26. The molecule has 3 amide bonds. The van der Waals surface area contributed by atoms with Crippen LogP contribution < -0.4 is 31.8 Å². The average Bonchev–Trinajstić information content (AvgIpc) is 3.95. The number of amides is 3. The van der Waals surface area contributed by atoms with Crippen LogP contribution in [0.25, 0.3) is 22.3 Å². The standard InChI is InChI=1S/C50H53FIN12O3/c51-42-26-39(57-43-7-9-46(65)59-50(43)67)5-6-41(42)34-13-19-60(20-14-34)32-47(66)62-23-15-40(16-24-62)63-30-37(29-55-63)44-31-64-49(36(27-53)28-56-64)48(58-44)35-4-8-45(52-17-10-35)61-21-11-33(12-22-61)25-38-3-1-2-18-54-38/h1-6,8,10,17-18,26,28-31,33-34,40,43,57H,7,9,11-16,19-25,32H2,(H,59,65,67)/q-1. The zero-order valence-corrected chi connectivity index (χ0v) is 39.4. The fraction of sp³-hybridized carbons (Fsp3) is 0.400. The molecular formula is C50H53FIN12O3-. The number of hydrogen-bond donors (Lipinski definition) is 2. The van der Waals surface area contributed by atoms with Gasteiger partial charge in [0.2, 0.25) is 17.7 Å². The Morgan fingerprint density at radius 2 is 1.78 bits per heavy atom. The van der Waals surface area contributed by atoms with Crippen molar-refractivity contribution in [2.75, 3.05) is 51.1 Å². The van der Waals surface area contributed by atoms with Gasteiger partial charge in [-0.15, -0.1) is 0 Å². The van der Waals surface area contributed by atoms with E-state index in [4.69, 9.17) is 10.1 Å². The van der Waals surface area contributed by atoms with Crippen molar-refractivity contribution in [2.45, 2.75) is 75.8 Å². The van der Waals surface area contributed by atoms with E-state index >= 15 is 4.39 Å². The number of allylic oxidation sites excluding steroid dienone is 4. The second-order valence-electron chi connectivity index (χ2n) is 18.2. The van der Waals surface area contributed by atoms with Crippen LogP contribution in [-0.2, 0) is 20.8 Å². The molecule has 5 aliphatic rings. The number of carbonyl (C=O) groups is 3. The molecule has 10 rings (SSSR count). The molecule has 1 aromatic carbocycles. The van der Waals surface area contributed by atoms with Gasteiger partial charge < -0.3 is 10.2 Å². The molecule has 1 atom stereocenters. The van der Waals surface area contributed by atoms with Crippen molar-refractivity contribution in [3.05, 3.63) is 122 Å². The summed E-state index contributed by atoms with van der Waals surface area (Å²) in [5.41, 5.74) is 6.72. The summed E-state index contributed by atoms with van der Waals surface area (Å²) < 4.78 is 22.8. The van der Waals surface area contributed by atoms with Gasteiger partial charge in [0.05, 0.1) is 6.54 Å². The van der Waals surface area contributed by atoms with Crippen LogP contribution in [0.15, 0.2) is 93.4 Å². The summed E-state index contributed by atoms with van der Waals surface area (Å²) >= 11 is -0.357. The maximum absolute atomic E-state index is 15.3. The summed E-state index contributed by atoms with van der Waals surface area (Å²) in [5, 5.41) is 24.8. The Kier molecular flexibility index (Phi) is 13.2. The number of benzene rings is 1. The van der Waals surface area contributed by atoms with Crippen molar-refractivity contribution in [1.29, 1.82) is 5.26 Å². The molecule has 0 bridgehead atoms. The van der Waals surface area contributed by atoms with Crippen LogP contribution in [0.2, 0.25) is 0 Å². The molecule has 4 fully saturated rings. The Morgan fingerprint density at radius 3 is 2.54 bits per heavy atom. The Balaban J connectivity index is 0.735. The van der Waals surface area contributed by atoms with Crippen molar-refractivity contribution in [1.82, 2.24) is 49.4 Å². The molecule has 2 N–H and O–H groups in total. The average molecular weight is 1020 g/mol. The summed E-state index contributed by atoms with van der Waals surface area (Å²) in [6.07, 6.45) is 22.8. The molecule has 9 heterocycles. The van der Waals surface area contributed by atoms with E-state index in [1.165, 1.54) is 15.5 Å². The summed E-state index contributed by atoms with van der Waals surface area (Å²) in [5.74, 6) is -0.193. The van der Waals surface area contributed by atoms with Crippen molar-refractivity contribution in [3.8, 4) is 17.3 Å². The first-order valence-electron chi connectivity index (χ1n) is 23.3. The van der Waals surface area contributed by atoms with Gasteiger partial charge in [-0.05, 0) is 56.0 Å². The molecule has 0 spiro atoms. The summed E-state index contributed by atoms with van der Waals surface area (Å²) in [6, 6.07) is 13.1. The fourth-order valence-corrected chi connectivity index (χ4v) is 12.3. The fourth-order valence-electron chi connectivity index (χ4n) is 10.1. The summed E-state index contributed by atoms with van der Waals surface area (Å²) in [4.78, 5) is 53.6. The second kappa shape index (κ2) is 19.9.